The monoisotopic (exact) mass is 344 g/mol. The Hall–Kier alpha value is -2.31. The van der Waals surface area contributed by atoms with Crippen LogP contribution in [0, 0.1) is 5.82 Å². The Morgan fingerprint density at radius 3 is 2.78 bits per heavy atom. The minimum absolute atomic E-state index is 0.139. The molecule has 0 saturated carbocycles. The van der Waals surface area contributed by atoms with Crippen molar-refractivity contribution in [2.45, 2.75) is 0 Å². The number of nitrogens with zero attached hydrogens (tertiary/aromatic N) is 1. The average Bonchev–Trinajstić information content (AvgIpc) is 3.22. The first-order valence-electron chi connectivity index (χ1n) is 6.88. The predicted octanol–water partition coefficient (Wildman–Crippen LogP) is 4.54. The maximum atomic E-state index is 13.8. The lowest BCUT2D eigenvalue weighted by Crippen LogP contribution is -2.16. The van der Waals surface area contributed by atoms with E-state index < -0.39 is 0 Å². The molecule has 23 heavy (non-hydrogen) atoms. The second-order valence-electron chi connectivity index (χ2n) is 4.66. The van der Waals surface area contributed by atoms with Gasteiger partial charge in [0.25, 0.3) is 5.91 Å². The van der Waals surface area contributed by atoms with Crippen molar-refractivity contribution in [3.8, 4) is 10.4 Å². The standard InChI is InChI=1S/C17H13FN2OS2/c1-19-17(21)15-10-20-16(23-15)9-7-11-6-8-14(22-11)12-4-2-3-5-13(12)18/h2-10H,1H3,(H,19,21)/b9-7+. The zero-order valence-electron chi connectivity index (χ0n) is 12.2. The number of carbonyl (C=O) groups is 1. The number of halogens is 1. The number of carbonyl (C=O) groups excluding carboxylic acids is 1. The van der Waals surface area contributed by atoms with Crippen molar-refractivity contribution in [2.75, 3.05) is 7.05 Å². The van der Waals surface area contributed by atoms with Crippen LogP contribution < -0.4 is 5.32 Å². The molecule has 0 bridgehead atoms. The van der Waals surface area contributed by atoms with E-state index in [0.29, 0.717) is 10.4 Å². The minimum atomic E-state index is -0.222. The van der Waals surface area contributed by atoms with Crippen LogP contribution in [0.2, 0.25) is 0 Å². The first-order valence-corrected chi connectivity index (χ1v) is 8.51. The third-order valence-corrected chi connectivity index (χ3v) is 5.18. The van der Waals surface area contributed by atoms with E-state index in [2.05, 4.69) is 10.3 Å². The molecule has 0 atom stereocenters. The van der Waals surface area contributed by atoms with Crippen LogP contribution in [0.1, 0.15) is 19.6 Å². The molecular weight excluding hydrogens is 331 g/mol. The summed E-state index contributed by atoms with van der Waals surface area (Å²) in [6.07, 6.45) is 5.33. The third-order valence-electron chi connectivity index (χ3n) is 3.13. The largest absolute Gasteiger partial charge is 0.354 e. The van der Waals surface area contributed by atoms with Gasteiger partial charge < -0.3 is 5.32 Å². The highest BCUT2D eigenvalue weighted by Gasteiger charge is 2.08. The summed E-state index contributed by atoms with van der Waals surface area (Å²) in [5, 5.41) is 3.32. The lowest BCUT2D eigenvalue weighted by atomic mass is 10.2. The van der Waals surface area contributed by atoms with Crippen molar-refractivity contribution in [3.63, 3.8) is 0 Å². The maximum Gasteiger partial charge on any atom is 0.262 e. The van der Waals surface area contributed by atoms with Crippen molar-refractivity contribution in [1.29, 1.82) is 0 Å². The normalized spacial score (nSPS) is 11.0. The first-order chi connectivity index (χ1) is 11.2. The molecule has 0 aliphatic heterocycles. The summed E-state index contributed by atoms with van der Waals surface area (Å²) >= 11 is 2.83. The van der Waals surface area contributed by atoms with Crippen LogP contribution in [0.15, 0.2) is 42.6 Å². The van der Waals surface area contributed by atoms with Gasteiger partial charge in [-0.25, -0.2) is 9.37 Å². The second kappa shape index (κ2) is 6.85. The Labute approximate surface area is 141 Å². The van der Waals surface area contributed by atoms with Crippen LogP contribution in [0.5, 0.6) is 0 Å². The molecule has 3 aromatic rings. The van der Waals surface area contributed by atoms with Gasteiger partial charge in [-0.3, -0.25) is 4.79 Å². The van der Waals surface area contributed by atoms with E-state index in [1.807, 2.05) is 30.4 Å². The lowest BCUT2D eigenvalue weighted by Gasteiger charge is -1.97. The lowest BCUT2D eigenvalue weighted by molar-refractivity contribution is 0.0967. The van der Waals surface area contributed by atoms with E-state index in [0.717, 1.165) is 14.8 Å². The molecule has 0 radical (unpaired) electrons. The molecule has 2 aromatic heterocycles. The summed E-state index contributed by atoms with van der Waals surface area (Å²) in [6, 6.07) is 10.6. The van der Waals surface area contributed by atoms with Gasteiger partial charge in [-0.05, 0) is 30.4 Å². The number of aromatic nitrogens is 1. The molecular formula is C17H13FN2OS2. The van der Waals surface area contributed by atoms with Gasteiger partial charge in [-0.15, -0.1) is 22.7 Å². The molecule has 0 saturated heterocycles. The number of rotatable bonds is 4. The summed E-state index contributed by atoms with van der Waals surface area (Å²) in [6.45, 7) is 0. The van der Waals surface area contributed by atoms with Crippen LogP contribution in [-0.4, -0.2) is 17.9 Å². The quantitative estimate of drug-likeness (QED) is 0.755. The van der Waals surface area contributed by atoms with E-state index in [9.17, 15) is 9.18 Å². The smallest absolute Gasteiger partial charge is 0.262 e. The molecule has 2 heterocycles. The fourth-order valence-electron chi connectivity index (χ4n) is 1.99. The van der Waals surface area contributed by atoms with E-state index >= 15 is 0 Å². The molecule has 1 aromatic carbocycles. The molecule has 0 fully saturated rings. The number of thiophene rings is 1. The summed E-state index contributed by atoms with van der Waals surface area (Å²) in [4.78, 5) is 18.1. The van der Waals surface area contributed by atoms with Gasteiger partial charge in [-0.2, -0.15) is 0 Å². The van der Waals surface area contributed by atoms with E-state index in [4.69, 9.17) is 0 Å². The maximum absolute atomic E-state index is 13.8. The van der Waals surface area contributed by atoms with E-state index in [1.165, 1.54) is 28.7 Å². The third kappa shape index (κ3) is 3.55. The molecule has 0 aliphatic rings. The van der Waals surface area contributed by atoms with Gasteiger partial charge in [-0.1, -0.05) is 18.2 Å². The van der Waals surface area contributed by atoms with Crippen molar-refractivity contribution in [3.05, 3.63) is 63.2 Å². The highest BCUT2D eigenvalue weighted by atomic mass is 32.1. The number of hydrogen-bond donors (Lipinski definition) is 1. The van der Waals surface area contributed by atoms with Gasteiger partial charge in [0.05, 0.1) is 6.20 Å². The van der Waals surface area contributed by atoms with Crippen LogP contribution >= 0.6 is 22.7 Å². The molecule has 0 aliphatic carbocycles. The van der Waals surface area contributed by atoms with Gasteiger partial charge >= 0.3 is 0 Å². The first kappa shape index (κ1) is 15.6. The fraction of sp³-hybridized carbons (Fsp3) is 0.0588. The Morgan fingerprint density at radius 2 is 2.00 bits per heavy atom. The zero-order valence-corrected chi connectivity index (χ0v) is 13.9. The highest BCUT2D eigenvalue weighted by Crippen LogP contribution is 2.31. The van der Waals surface area contributed by atoms with Crippen molar-refractivity contribution in [1.82, 2.24) is 10.3 Å². The average molecular weight is 344 g/mol. The summed E-state index contributed by atoms with van der Waals surface area (Å²) in [7, 11) is 1.59. The van der Waals surface area contributed by atoms with Crippen LogP contribution in [0.25, 0.3) is 22.6 Å². The highest BCUT2D eigenvalue weighted by molar-refractivity contribution is 7.16. The predicted molar refractivity (Wildman–Crippen MR) is 94.1 cm³/mol. The number of benzene rings is 1. The van der Waals surface area contributed by atoms with E-state index in [-0.39, 0.29) is 11.7 Å². The molecule has 0 spiro atoms. The SMILES string of the molecule is CNC(=O)c1cnc(/C=C/c2ccc(-c3ccccc3F)s2)s1. The Kier molecular flexibility index (Phi) is 4.64. The number of amides is 1. The van der Waals surface area contributed by atoms with Crippen molar-refractivity contribution < 1.29 is 9.18 Å². The molecule has 116 valence electrons. The zero-order chi connectivity index (χ0) is 16.2. The van der Waals surface area contributed by atoms with Crippen molar-refractivity contribution >= 4 is 40.7 Å². The molecule has 6 heteroatoms. The Bertz CT molecular complexity index is 867. The molecule has 3 rings (SSSR count). The number of nitrogens with one attached hydrogen (secondary N) is 1. The molecule has 1 amide bonds. The molecule has 1 N–H and O–H groups in total. The van der Waals surface area contributed by atoms with Crippen LogP contribution in [-0.2, 0) is 0 Å². The van der Waals surface area contributed by atoms with Crippen LogP contribution in [0.3, 0.4) is 0 Å². The van der Waals surface area contributed by atoms with Gasteiger partial charge in [0.2, 0.25) is 0 Å². The second-order valence-corrected chi connectivity index (χ2v) is 6.83. The van der Waals surface area contributed by atoms with E-state index in [1.54, 1.807) is 25.4 Å². The van der Waals surface area contributed by atoms with Gasteiger partial charge in [0.1, 0.15) is 15.7 Å². The Balaban J connectivity index is 1.78. The molecule has 3 nitrogen and oxygen atoms in total. The van der Waals surface area contributed by atoms with Gasteiger partial charge in [0, 0.05) is 22.4 Å². The minimum Gasteiger partial charge on any atom is -0.354 e. The number of hydrogen-bond acceptors (Lipinski definition) is 4. The fourth-order valence-corrected chi connectivity index (χ4v) is 3.70. The molecule has 0 unspecified atom stereocenters. The summed E-state index contributed by atoms with van der Waals surface area (Å²) in [5.41, 5.74) is 0.605. The van der Waals surface area contributed by atoms with Gasteiger partial charge in [0.15, 0.2) is 0 Å². The van der Waals surface area contributed by atoms with Crippen LogP contribution in [0.4, 0.5) is 4.39 Å². The number of thiazole rings is 1. The summed E-state index contributed by atoms with van der Waals surface area (Å²) in [5.74, 6) is -0.361. The Morgan fingerprint density at radius 1 is 1.17 bits per heavy atom. The van der Waals surface area contributed by atoms with Crippen molar-refractivity contribution in [2.24, 2.45) is 0 Å². The summed E-state index contributed by atoms with van der Waals surface area (Å²) < 4.78 is 13.8. The topological polar surface area (TPSA) is 42.0 Å².